The number of likely N-dealkylation sites (tertiary alicyclic amines) is 1. The number of benzene rings is 2. The Morgan fingerprint density at radius 1 is 1.15 bits per heavy atom. The van der Waals surface area contributed by atoms with Crippen LogP contribution in [0, 0.1) is 0 Å². The average molecular weight is 464 g/mol. The number of nitrogens with zero attached hydrogens (tertiary/aromatic N) is 1. The maximum Gasteiger partial charge on any atom is 0.295 e. The van der Waals surface area contributed by atoms with Gasteiger partial charge in [0, 0.05) is 32.2 Å². The molecular weight excluding hydrogens is 430 g/mol. The minimum Gasteiger partial charge on any atom is -0.507 e. The first-order valence-corrected chi connectivity index (χ1v) is 11.8. The predicted molar refractivity (Wildman–Crippen MR) is 131 cm³/mol. The molecule has 0 spiro atoms. The molecule has 1 N–H and O–H groups in total. The van der Waals surface area contributed by atoms with Crippen LogP contribution in [0.3, 0.4) is 0 Å². The van der Waals surface area contributed by atoms with E-state index in [1.165, 1.54) is 0 Å². The van der Waals surface area contributed by atoms with Gasteiger partial charge in [0.05, 0.1) is 11.6 Å². The predicted octanol–water partition coefficient (Wildman–Crippen LogP) is 4.77. The molecule has 0 aliphatic carbocycles. The molecule has 1 amide bonds. The molecule has 0 saturated carbocycles. The smallest absolute Gasteiger partial charge is 0.295 e. The van der Waals surface area contributed by atoms with Crippen molar-refractivity contribution in [2.45, 2.75) is 58.1 Å². The van der Waals surface area contributed by atoms with Gasteiger partial charge in [-0.25, -0.2) is 0 Å². The molecule has 2 aromatic carbocycles. The molecule has 180 valence electrons. The van der Waals surface area contributed by atoms with E-state index in [0.717, 1.165) is 28.9 Å². The van der Waals surface area contributed by atoms with Crippen LogP contribution in [0.2, 0.25) is 0 Å². The fraction of sp³-hybridized carbons (Fsp3) is 0.429. The van der Waals surface area contributed by atoms with Crippen molar-refractivity contribution in [1.29, 1.82) is 0 Å². The van der Waals surface area contributed by atoms with Crippen LogP contribution in [0.1, 0.15) is 62.4 Å². The number of amides is 1. The first kappa shape index (κ1) is 24.0. The fourth-order valence-electron chi connectivity index (χ4n) is 4.73. The Labute approximate surface area is 201 Å². The number of rotatable bonds is 6. The van der Waals surface area contributed by atoms with Crippen molar-refractivity contribution in [3.8, 4) is 5.75 Å². The van der Waals surface area contributed by atoms with Crippen LogP contribution >= 0.6 is 0 Å². The molecule has 6 heteroatoms. The lowest BCUT2D eigenvalue weighted by atomic mass is 9.85. The van der Waals surface area contributed by atoms with Gasteiger partial charge in [-0.3, -0.25) is 9.59 Å². The van der Waals surface area contributed by atoms with E-state index >= 15 is 0 Å². The second-order valence-corrected chi connectivity index (χ2v) is 10.2. The highest BCUT2D eigenvalue weighted by atomic mass is 16.5. The number of hydrogen-bond donors (Lipinski definition) is 1. The van der Waals surface area contributed by atoms with Crippen molar-refractivity contribution in [3.05, 3.63) is 70.3 Å². The molecule has 0 radical (unpaired) electrons. The monoisotopic (exact) mass is 463 g/mol. The highest BCUT2D eigenvalue weighted by molar-refractivity contribution is 6.46. The molecule has 0 aromatic heterocycles. The molecule has 34 heavy (non-hydrogen) atoms. The Hall–Kier alpha value is -3.12. The van der Waals surface area contributed by atoms with E-state index in [-0.39, 0.29) is 22.9 Å². The Bertz CT molecular complexity index is 1130. The maximum absolute atomic E-state index is 13.2. The summed E-state index contributed by atoms with van der Waals surface area (Å²) in [6, 6.07) is 12.7. The van der Waals surface area contributed by atoms with Gasteiger partial charge in [0.15, 0.2) is 0 Å². The standard InChI is InChI=1S/C28H33NO5/c1-17-15-20-16-19(9-12-22(20)34-17)25(30)23-24(18-7-10-21(11-8-18)28(2,3)4)29(13-6-14-33-5)27(32)26(23)31/h7-12,16-17,24,30H,6,13-15H2,1-5H3/t17-,24-/m0/s1. The second kappa shape index (κ2) is 9.26. The van der Waals surface area contributed by atoms with Crippen LogP contribution < -0.4 is 4.74 Å². The summed E-state index contributed by atoms with van der Waals surface area (Å²) in [5.74, 6) is -0.621. The largest absolute Gasteiger partial charge is 0.507 e. The third kappa shape index (κ3) is 4.47. The Balaban J connectivity index is 1.79. The van der Waals surface area contributed by atoms with Crippen molar-refractivity contribution in [3.63, 3.8) is 0 Å². The Kier molecular flexibility index (Phi) is 6.54. The molecule has 0 unspecified atom stereocenters. The van der Waals surface area contributed by atoms with Gasteiger partial charge in [0.2, 0.25) is 0 Å². The second-order valence-electron chi connectivity index (χ2n) is 10.2. The number of fused-ring (bicyclic) bond motifs is 1. The zero-order valence-corrected chi connectivity index (χ0v) is 20.6. The quantitative estimate of drug-likeness (QED) is 0.289. The molecular formula is C28H33NO5. The summed E-state index contributed by atoms with van der Waals surface area (Å²) in [6.07, 6.45) is 1.40. The molecule has 4 rings (SSSR count). The molecule has 0 bridgehead atoms. The van der Waals surface area contributed by atoms with E-state index in [2.05, 4.69) is 20.8 Å². The molecule has 1 saturated heterocycles. The van der Waals surface area contributed by atoms with E-state index in [0.29, 0.717) is 25.1 Å². The van der Waals surface area contributed by atoms with Crippen LogP contribution in [0.4, 0.5) is 0 Å². The maximum atomic E-state index is 13.2. The Morgan fingerprint density at radius 2 is 1.85 bits per heavy atom. The zero-order valence-electron chi connectivity index (χ0n) is 20.6. The number of Topliss-reactive ketones (excluding diaryl/α,β-unsaturated/α-hetero) is 1. The van der Waals surface area contributed by atoms with Gasteiger partial charge in [0.1, 0.15) is 17.6 Å². The normalized spacial score (nSPS) is 21.6. The van der Waals surface area contributed by atoms with Gasteiger partial charge >= 0.3 is 0 Å². The summed E-state index contributed by atoms with van der Waals surface area (Å²) in [7, 11) is 1.61. The molecule has 6 nitrogen and oxygen atoms in total. The van der Waals surface area contributed by atoms with Gasteiger partial charge in [-0.1, -0.05) is 45.0 Å². The van der Waals surface area contributed by atoms with E-state index < -0.39 is 17.7 Å². The minimum absolute atomic E-state index is 0.0254. The number of hydrogen-bond acceptors (Lipinski definition) is 5. The molecule has 2 atom stereocenters. The van der Waals surface area contributed by atoms with Gasteiger partial charge in [-0.05, 0) is 53.6 Å². The lowest BCUT2D eigenvalue weighted by Gasteiger charge is -2.26. The number of methoxy groups -OCH3 is 1. The summed E-state index contributed by atoms with van der Waals surface area (Å²) in [4.78, 5) is 27.8. The molecule has 2 aromatic rings. The first-order valence-electron chi connectivity index (χ1n) is 11.8. The van der Waals surface area contributed by atoms with Crippen LogP contribution in [0.25, 0.3) is 5.76 Å². The minimum atomic E-state index is -0.662. The Morgan fingerprint density at radius 3 is 2.50 bits per heavy atom. The van der Waals surface area contributed by atoms with E-state index in [4.69, 9.17) is 9.47 Å². The first-order chi connectivity index (χ1) is 16.1. The molecule has 1 fully saturated rings. The van der Waals surface area contributed by atoms with Crippen LogP contribution in [0.15, 0.2) is 48.0 Å². The van der Waals surface area contributed by atoms with Crippen molar-refractivity contribution < 1.29 is 24.2 Å². The number of aliphatic hydroxyl groups excluding tert-OH is 1. The van der Waals surface area contributed by atoms with Gasteiger partial charge < -0.3 is 19.5 Å². The fourth-order valence-corrected chi connectivity index (χ4v) is 4.73. The average Bonchev–Trinajstić information content (AvgIpc) is 3.29. The van der Waals surface area contributed by atoms with Crippen molar-refractivity contribution in [1.82, 2.24) is 4.90 Å². The number of carbonyl (C=O) groups excluding carboxylic acids is 2. The summed E-state index contributed by atoms with van der Waals surface area (Å²) in [5, 5.41) is 11.3. The SMILES string of the molecule is COCCCN1C(=O)C(=O)C(=C(O)c2ccc3c(c2)C[C@H](C)O3)[C@@H]1c1ccc(C(C)(C)C)cc1. The van der Waals surface area contributed by atoms with Gasteiger partial charge in [-0.15, -0.1) is 0 Å². The topological polar surface area (TPSA) is 76.1 Å². The van der Waals surface area contributed by atoms with Crippen LogP contribution in [-0.2, 0) is 26.2 Å². The number of ketones is 1. The van der Waals surface area contributed by atoms with Crippen LogP contribution in [0.5, 0.6) is 5.75 Å². The summed E-state index contributed by atoms with van der Waals surface area (Å²) in [5.41, 5.74) is 3.55. The molecule has 2 aliphatic heterocycles. The van der Waals surface area contributed by atoms with E-state index in [1.54, 1.807) is 18.1 Å². The number of carbonyl (C=O) groups is 2. The lowest BCUT2D eigenvalue weighted by molar-refractivity contribution is -0.140. The summed E-state index contributed by atoms with van der Waals surface area (Å²) < 4.78 is 10.9. The van der Waals surface area contributed by atoms with E-state index in [1.807, 2.05) is 43.3 Å². The van der Waals surface area contributed by atoms with Crippen molar-refractivity contribution >= 4 is 17.4 Å². The summed E-state index contributed by atoms with van der Waals surface area (Å²) >= 11 is 0. The van der Waals surface area contributed by atoms with Gasteiger partial charge in [-0.2, -0.15) is 0 Å². The van der Waals surface area contributed by atoms with Gasteiger partial charge in [0.25, 0.3) is 11.7 Å². The third-order valence-corrected chi connectivity index (χ3v) is 6.55. The van der Waals surface area contributed by atoms with Crippen molar-refractivity contribution in [2.75, 3.05) is 20.3 Å². The summed E-state index contributed by atoms with van der Waals surface area (Å²) in [6.45, 7) is 9.23. The highest BCUT2D eigenvalue weighted by Crippen LogP contribution is 2.41. The van der Waals surface area contributed by atoms with Crippen LogP contribution in [-0.4, -0.2) is 48.1 Å². The third-order valence-electron chi connectivity index (χ3n) is 6.55. The lowest BCUT2D eigenvalue weighted by Crippen LogP contribution is -2.31. The highest BCUT2D eigenvalue weighted by Gasteiger charge is 2.46. The van der Waals surface area contributed by atoms with Crippen molar-refractivity contribution in [2.24, 2.45) is 0 Å². The number of aliphatic hydroxyl groups is 1. The number of ether oxygens (including phenoxy) is 2. The van der Waals surface area contributed by atoms with E-state index in [9.17, 15) is 14.7 Å². The molecule has 2 aliphatic rings. The zero-order chi connectivity index (χ0) is 24.6. The molecule has 2 heterocycles.